The second-order valence-electron chi connectivity index (χ2n) is 10.5. The van der Waals surface area contributed by atoms with Crippen LogP contribution < -0.4 is 4.74 Å². The molecule has 0 aliphatic carbocycles. The van der Waals surface area contributed by atoms with Crippen LogP contribution in [0.25, 0.3) is 6.08 Å². The van der Waals surface area contributed by atoms with Crippen LogP contribution in [0.5, 0.6) is 5.75 Å². The third-order valence-electron chi connectivity index (χ3n) is 7.10. The van der Waals surface area contributed by atoms with Crippen molar-refractivity contribution in [2.24, 2.45) is 0 Å². The molecule has 0 fully saturated rings. The monoisotopic (exact) mass is 520 g/mol. The molecular formula is C35H52OS. The van der Waals surface area contributed by atoms with Gasteiger partial charge in [0.25, 0.3) is 0 Å². The number of benzene rings is 2. The van der Waals surface area contributed by atoms with Crippen molar-refractivity contribution >= 4 is 23.2 Å². The standard InChI is InChI=1S/C35H52OS/c1-3-5-6-7-8-9-10-11-12-13-14-15-16-17-18-30-36-34-27-22-32(23-28-34)24-29-35(37)33-25-20-31(19-4-2)21-26-33/h20-29H,3-19,30H2,1-2H3. The lowest BCUT2D eigenvalue weighted by Crippen LogP contribution is -1.97. The molecule has 2 aromatic rings. The molecule has 0 aliphatic heterocycles. The largest absolute Gasteiger partial charge is 0.494 e. The van der Waals surface area contributed by atoms with Gasteiger partial charge in [-0.15, -0.1) is 0 Å². The lowest BCUT2D eigenvalue weighted by Gasteiger charge is -2.07. The number of unbranched alkanes of at least 4 members (excludes halogenated alkanes) is 14. The van der Waals surface area contributed by atoms with Gasteiger partial charge in [0.05, 0.1) is 6.61 Å². The maximum absolute atomic E-state index is 5.95. The van der Waals surface area contributed by atoms with Gasteiger partial charge in [-0.2, -0.15) is 0 Å². The molecule has 0 N–H and O–H groups in total. The van der Waals surface area contributed by atoms with Crippen molar-refractivity contribution in [1.29, 1.82) is 0 Å². The highest BCUT2D eigenvalue weighted by Gasteiger charge is 2.00. The first-order valence-corrected chi connectivity index (χ1v) is 15.7. The van der Waals surface area contributed by atoms with E-state index in [2.05, 4.69) is 68.5 Å². The lowest BCUT2D eigenvalue weighted by atomic mass is 10.0. The number of thiocarbonyl (C=S) groups is 1. The summed E-state index contributed by atoms with van der Waals surface area (Å²) in [6, 6.07) is 17.0. The lowest BCUT2D eigenvalue weighted by molar-refractivity contribution is 0.304. The van der Waals surface area contributed by atoms with Gasteiger partial charge >= 0.3 is 0 Å². The van der Waals surface area contributed by atoms with Crippen LogP contribution in [0.3, 0.4) is 0 Å². The van der Waals surface area contributed by atoms with E-state index < -0.39 is 0 Å². The van der Waals surface area contributed by atoms with Crippen LogP contribution in [0.1, 0.15) is 133 Å². The molecule has 0 aliphatic rings. The molecule has 0 saturated heterocycles. The fourth-order valence-electron chi connectivity index (χ4n) is 4.73. The third-order valence-corrected chi connectivity index (χ3v) is 7.47. The van der Waals surface area contributed by atoms with Gasteiger partial charge in [0.2, 0.25) is 0 Å². The van der Waals surface area contributed by atoms with Crippen molar-refractivity contribution in [1.82, 2.24) is 0 Å². The fraction of sp³-hybridized carbons (Fsp3) is 0.571. The second-order valence-corrected chi connectivity index (χ2v) is 11.0. The Bertz CT molecular complexity index is 850. The van der Waals surface area contributed by atoms with Crippen LogP contribution in [-0.4, -0.2) is 11.5 Å². The fourth-order valence-corrected chi connectivity index (χ4v) is 4.94. The molecule has 0 unspecified atom stereocenters. The molecule has 1 nitrogen and oxygen atoms in total. The predicted molar refractivity (Wildman–Crippen MR) is 168 cm³/mol. The number of allylic oxidation sites excluding steroid dienone is 1. The van der Waals surface area contributed by atoms with E-state index in [-0.39, 0.29) is 0 Å². The summed E-state index contributed by atoms with van der Waals surface area (Å²) in [6.07, 6.45) is 27.2. The van der Waals surface area contributed by atoms with E-state index >= 15 is 0 Å². The Labute approximate surface area is 234 Å². The molecule has 0 bridgehead atoms. The van der Waals surface area contributed by atoms with Crippen LogP contribution in [0.4, 0.5) is 0 Å². The minimum atomic E-state index is 0.811. The molecule has 0 spiro atoms. The van der Waals surface area contributed by atoms with Gasteiger partial charge in [0.1, 0.15) is 5.75 Å². The van der Waals surface area contributed by atoms with Gasteiger partial charge in [-0.25, -0.2) is 0 Å². The van der Waals surface area contributed by atoms with Gasteiger partial charge < -0.3 is 4.74 Å². The van der Waals surface area contributed by atoms with Crippen LogP contribution in [-0.2, 0) is 6.42 Å². The Morgan fingerprint density at radius 1 is 0.622 bits per heavy atom. The zero-order chi connectivity index (χ0) is 26.4. The number of rotatable bonds is 22. The van der Waals surface area contributed by atoms with E-state index in [0.29, 0.717) is 0 Å². The van der Waals surface area contributed by atoms with Crippen LogP contribution in [0.15, 0.2) is 54.6 Å². The summed E-state index contributed by atoms with van der Waals surface area (Å²) >= 11 is 5.59. The molecule has 0 radical (unpaired) electrons. The van der Waals surface area contributed by atoms with Crippen LogP contribution >= 0.6 is 12.2 Å². The Kier molecular flexibility index (Phi) is 17.8. The van der Waals surface area contributed by atoms with Crippen molar-refractivity contribution in [3.63, 3.8) is 0 Å². The summed E-state index contributed by atoms with van der Waals surface area (Å²) in [4.78, 5) is 0.872. The first-order valence-electron chi connectivity index (χ1n) is 15.3. The molecule has 2 heteroatoms. The summed E-state index contributed by atoms with van der Waals surface area (Å²) in [5, 5.41) is 0. The molecule has 0 heterocycles. The first-order chi connectivity index (χ1) is 18.2. The Morgan fingerprint density at radius 2 is 1.14 bits per heavy atom. The highest BCUT2D eigenvalue weighted by Crippen LogP contribution is 2.16. The van der Waals surface area contributed by atoms with E-state index in [1.165, 1.54) is 102 Å². The van der Waals surface area contributed by atoms with E-state index in [9.17, 15) is 0 Å². The molecule has 0 aromatic heterocycles. The zero-order valence-electron chi connectivity index (χ0n) is 23.8. The first kappa shape index (κ1) is 31.3. The Hall–Kier alpha value is -1.93. The summed E-state index contributed by atoms with van der Waals surface area (Å²) in [7, 11) is 0. The van der Waals surface area contributed by atoms with Gasteiger partial charge in [-0.05, 0) is 47.7 Å². The van der Waals surface area contributed by atoms with E-state index in [1.807, 2.05) is 6.08 Å². The molecule has 0 atom stereocenters. The van der Waals surface area contributed by atoms with Gasteiger partial charge in [0.15, 0.2) is 0 Å². The maximum atomic E-state index is 5.95. The third kappa shape index (κ3) is 15.2. The van der Waals surface area contributed by atoms with Crippen molar-refractivity contribution in [2.75, 3.05) is 6.61 Å². The molecule has 2 rings (SSSR count). The maximum Gasteiger partial charge on any atom is 0.119 e. The molecule has 37 heavy (non-hydrogen) atoms. The summed E-state index contributed by atoms with van der Waals surface area (Å²) in [5.74, 6) is 0.955. The quantitative estimate of drug-likeness (QED) is 0.0660. The Balaban J connectivity index is 1.47. The minimum Gasteiger partial charge on any atom is -0.494 e. The van der Waals surface area contributed by atoms with E-state index in [4.69, 9.17) is 17.0 Å². The summed E-state index contributed by atoms with van der Waals surface area (Å²) < 4.78 is 5.95. The molecule has 204 valence electrons. The summed E-state index contributed by atoms with van der Waals surface area (Å²) in [6.45, 7) is 5.31. The van der Waals surface area contributed by atoms with Crippen molar-refractivity contribution in [2.45, 2.75) is 123 Å². The second kappa shape index (κ2) is 21.1. The van der Waals surface area contributed by atoms with Crippen molar-refractivity contribution < 1.29 is 4.74 Å². The number of ether oxygens (including phenoxy) is 1. The molecule has 0 saturated carbocycles. The predicted octanol–water partition coefficient (Wildman–Crippen LogP) is 11.3. The summed E-state index contributed by atoms with van der Waals surface area (Å²) in [5.41, 5.74) is 3.62. The Morgan fingerprint density at radius 3 is 1.65 bits per heavy atom. The highest BCUT2D eigenvalue weighted by molar-refractivity contribution is 7.81. The van der Waals surface area contributed by atoms with Gasteiger partial charge in [-0.3, -0.25) is 0 Å². The highest BCUT2D eigenvalue weighted by atomic mass is 32.1. The average Bonchev–Trinajstić information content (AvgIpc) is 2.92. The van der Waals surface area contributed by atoms with Crippen molar-refractivity contribution in [3.05, 3.63) is 71.3 Å². The normalized spacial score (nSPS) is 11.3. The number of aryl methyl sites for hydroxylation is 1. The molecule has 0 amide bonds. The van der Waals surface area contributed by atoms with Gasteiger partial charge in [-0.1, -0.05) is 165 Å². The number of hydrogen-bond donors (Lipinski definition) is 0. The number of hydrogen-bond acceptors (Lipinski definition) is 2. The minimum absolute atomic E-state index is 0.811. The van der Waals surface area contributed by atoms with Crippen LogP contribution in [0.2, 0.25) is 0 Å². The topological polar surface area (TPSA) is 9.23 Å². The molecule has 2 aromatic carbocycles. The smallest absolute Gasteiger partial charge is 0.119 e. The van der Waals surface area contributed by atoms with Crippen LogP contribution in [0, 0.1) is 0 Å². The molecular weight excluding hydrogens is 468 g/mol. The van der Waals surface area contributed by atoms with Gasteiger partial charge in [0, 0.05) is 4.86 Å². The zero-order valence-corrected chi connectivity index (χ0v) is 24.6. The SMILES string of the molecule is CCCCCCCCCCCCCCCCCOc1ccc(C=CC(=S)c2ccc(CCC)cc2)cc1. The van der Waals surface area contributed by atoms with Crippen molar-refractivity contribution in [3.8, 4) is 5.75 Å². The average molecular weight is 521 g/mol. The van der Waals surface area contributed by atoms with E-state index in [1.54, 1.807) is 0 Å². The van der Waals surface area contributed by atoms with E-state index in [0.717, 1.165) is 41.2 Å².